The molecule has 0 saturated carbocycles. The Morgan fingerprint density at radius 1 is 0.636 bits per heavy atom. The molecule has 4 aromatic carbocycles. The van der Waals surface area contributed by atoms with E-state index in [1.165, 1.54) is 49.9 Å². The maximum Gasteiger partial charge on any atom is 0.411 e. The number of carbonyl (C=O) groups is 2. The van der Waals surface area contributed by atoms with E-state index < -0.39 is 81.1 Å². The number of fused-ring (bicyclic) bond motifs is 2. The average molecular weight is 1110 g/mol. The summed E-state index contributed by atoms with van der Waals surface area (Å²) >= 11 is 0. The molecule has 420 valence electrons. The Kier molecular flexibility index (Phi) is 19.7. The van der Waals surface area contributed by atoms with E-state index in [2.05, 4.69) is 5.32 Å². The summed E-state index contributed by atoms with van der Waals surface area (Å²) in [6, 6.07) is 29.3. The molecule has 4 saturated heterocycles. The molecule has 4 aliphatic heterocycles. The number of amides is 1. The number of benzene rings is 4. The standard InChI is InChI=1S/C56H75N5O14S2/c1-37(2)30-59(32-49(62)41(27-39-11-7-5-8-12-39)29-53(64)74-51-34-72-54-46(51)23-25-70-54)77(68,69)45-21-17-43(18-22-45)58-36-61(56(65)75-52-35-73-55-47(52)24-26-71-55)48(28-40-13-9-6-10-14-40)50(63)33-60(31-38(3)4)76(66,67)44-19-15-42(57)16-20-44/h5-22,37-38,41,46-52,54-55,58,62-63H,23-36,57H2,1-4H3. The minimum absolute atomic E-state index is 0.00132. The van der Waals surface area contributed by atoms with E-state index in [9.17, 15) is 36.6 Å². The molecule has 0 aliphatic carbocycles. The Labute approximate surface area is 453 Å². The van der Waals surface area contributed by atoms with Crippen LogP contribution in [0.5, 0.6) is 0 Å². The average Bonchev–Trinajstić information content (AvgIpc) is 4.23. The van der Waals surface area contributed by atoms with Gasteiger partial charge in [-0.05, 0) is 97.2 Å². The van der Waals surface area contributed by atoms with Gasteiger partial charge in [0.05, 0.1) is 79.4 Å². The molecule has 0 radical (unpaired) electrons. The lowest BCUT2D eigenvalue weighted by Gasteiger charge is -2.37. The van der Waals surface area contributed by atoms with Crippen LogP contribution in [-0.2, 0) is 66.1 Å². The van der Waals surface area contributed by atoms with E-state index >= 15 is 0 Å². The lowest BCUT2D eigenvalue weighted by atomic mass is 9.90. The topological polar surface area (TPSA) is 246 Å². The van der Waals surface area contributed by atoms with Gasteiger partial charge >= 0.3 is 12.1 Å². The highest BCUT2D eigenvalue weighted by molar-refractivity contribution is 7.89. The Balaban J connectivity index is 1.03. The van der Waals surface area contributed by atoms with E-state index in [0.717, 1.165) is 11.1 Å². The number of aliphatic hydroxyl groups is 2. The maximum atomic E-state index is 14.7. The van der Waals surface area contributed by atoms with Crippen LogP contribution in [-0.4, -0.2) is 155 Å². The Morgan fingerprint density at radius 3 is 1.64 bits per heavy atom. The number of esters is 1. The number of hydrogen-bond donors (Lipinski definition) is 4. The molecule has 10 unspecified atom stereocenters. The molecule has 19 nitrogen and oxygen atoms in total. The summed E-state index contributed by atoms with van der Waals surface area (Å²) in [5, 5.41) is 27.6. The fraction of sp³-hybridized carbons (Fsp3) is 0.536. The van der Waals surface area contributed by atoms with Crippen molar-refractivity contribution in [2.24, 2.45) is 29.6 Å². The molecule has 10 atom stereocenters. The molecule has 8 rings (SSSR count). The lowest BCUT2D eigenvalue weighted by molar-refractivity contribution is -0.153. The molecule has 0 bridgehead atoms. The number of anilines is 2. The van der Waals surface area contributed by atoms with E-state index in [4.69, 9.17) is 34.2 Å². The van der Waals surface area contributed by atoms with Crippen LogP contribution in [0, 0.1) is 29.6 Å². The Morgan fingerprint density at radius 2 is 1.12 bits per heavy atom. The van der Waals surface area contributed by atoms with Crippen molar-refractivity contribution >= 4 is 43.5 Å². The highest BCUT2D eigenvalue weighted by Gasteiger charge is 2.46. The summed E-state index contributed by atoms with van der Waals surface area (Å²) in [4.78, 5) is 29.5. The SMILES string of the molecule is CC(C)CN(CC(O)C(CC(=O)OC1COC2OCCC12)Cc1ccccc1)S(=O)(=O)c1ccc(NCN(C(=O)OC2COC3OCCC23)C(Cc2ccccc2)C(O)CN(CC(C)C)S(=O)(=O)c2ccc(N)cc2)cc1. The van der Waals surface area contributed by atoms with Gasteiger partial charge in [-0.1, -0.05) is 88.4 Å². The molecule has 4 aliphatic rings. The van der Waals surface area contributed by atoms with Gasteiger partial charge in [0.25, 0.3) is 0 Å². The Bertz CT molecular complexity index is 2760. The predicted octanol–water partition coefficient (Wildman–Crippen LogP) is 5.72. The van der Waals surface area contributed by atoms with Gasteiger partial charge in [0.1, 0.15) is 12.2 Å². The van der Waals surface area contributed by atoms with Crippen molar-refractivity contribution < 1.29 is 65.1 Å². The van der Waals surface area contributed by atoms with Crippen molar-refractivity contribution in [1.82, 2.24) is 13.5 Å². The van der Waals surface area contributed by atoms with Crippen molar-refractivity contribution in [2.45, 2.75) is 113 Å². The third kappa shape index (κ3) is 14.9. The fourth-order valence-corrected chi connectivity index (χ4v) is 13.8. The number of sulfonamides is 2. The second-order valence-corrected chi connectivity index (χ2v) is 25.3. The molecule has 5 N–H and O–H groups in total. The fourth-order valence-electron chi connectivity index (χ4n) is 10.5. The first kappa shape index (κ1) is 58.0. The number of nitrogens with two attached hydrogens (primary N) is 1. The van der Waals surface area contributed by atoms with Crippen LogP contribution in [0.3, 0.4) is 0 Å². The van der Waals surface area contributed by atoms with Crippen molar-refractivity contribution in [1.29, 1.82) is 0 Å². The molecule has 21 heteroatoms. The maximum absolute atomic E-state index is 14.7. The zero-order valence-corrected chi connectivity index (χ0v) is 45.9. The van der Waals surface area contributed by atoms with Gasteiger partial charge in [-0.2, -0.15) is 8.61 Å². The van der Waals surface area contributed by atoms with Crippen molar-refractivity contribution in [3.8, 4) is 0 Å². The van der Waals surface area contributed by atoms with Crippen molar-refractivity contribution in [2.75, 3.05) is 70.3 Å². The number of rotatable bonds is 26. The minimum Gasteiger partial charge on any atom is -0.459 e. The second kappa shape index (κ2) is 26.2. The van der Waals surface area contributed by atoms with E-state index in [-0.39, 0.29) is 92.4 Å². The third-order valence-corrected chi connectivity index (χ3v) is 18.3. The van der Waals surface area contributed by atoms with Gasteiger partial charge in [-0.25, -0.2) is 21.6 Å². The van der Waals surface area contributed by atoms with Gasteiger partial charge in [-0.3, -0.25) is 9.69 Å². The number of nitrogens with zero attached hydrogens (tertiary/aromatic N) is 3. The van der Waals surface area contributed by atoms with Gasteiger partial charge in [0.15, 0.2) is 12.6 Å². The number of ether oxygens (including phenoxy) is 6. The summed E-state index contributed by atoms with van der Waals surface area (Å²) in [5.41, 5.74) is 8.33. The van der Waals surface area contributed by atoms with Crippen LogP contribution < -0.4 is 11.1 Å². The van der Waals surface area contributed by atoms with Gasteiger partial charge in [0.2, 0.25) is 20.0 Å². The molecule has 0 aromatic heterocycles. The predicted molar refractivity (Wildman–Crippen MR) is 287 cm³/mol. The summed E-state index contributed by atoms with van der Waals surface area (Å²) in [6.45, 7) is 7.98. The normalized spacial score (nSPS) is 22.9. The monoisotopic (exact) mass is 1110 g/mol. The van der Waals surface area contributed by atoms with Gasteiger partial charge < -0.3 is 49.7 Å². The minimum atomic E-state index is -4.25. The highest BCUT2D eigenvalue weighted by Crippen LogP contribution is 2.35. The molecule has 1 amide bonds. The zero-order valence-electron chi connectivity index (χ0n) is 44.2. The smallest absolute Gasteiger partial charge is 0.411 e. The van der Waals surface area contributed by atoms with Crippen molar-refractivity contribution in [3.05, 3.63) is 120 Å². The first-order valence-electron chi connectivity index (χ1n) is 26.6. The molecule has 0 spiro atoms. The molecular weight excluding hydrogens is 1030 g/mol. The summed E-state index contributed by atoms with van der Waals surface area (Å²) in [5.74, 6) is -1.76. The number of carbonyl (C=O) groups excluding carboxylic acids is 2. The van der Waals surface area contributed by atoms with Gasteiger partial charge in [0, 0.05) is 43.5 Å². The molecule has 4 fully saturated rings. The van der Waals surface area contributed by atoms with E-state index in [0.29, 0.717) is 43.9 Å². The number of hydrogen-bond acceptors (Lipinski definition) is 16. The second-order valence-electron chi connectivity index (χ2n) is 21.4. The van der Waals surface area contributed by atoms with Crippen LogP contribution in [0.2, 0.25) is 0 Å². The lowest BCUT2D eigenvalue weighted by Crippen LogP contribution is -2.55. The summed E-state index contributed by atoms with van der Waals surface area (Å²) in [6.07, 6.45) is -4.01. The first-order valence-corrected chi connectivity index (χ1v) is 29.5. The van der Waals surface area contributed by atoms with Crippen LogP contribution >= 0.6 is 0 Å². The Hall–Kier alpha value is -5.20. The van der Waals surface area contributed by atoms with Crippen LogP contribution in [0.1, 0.15) is 58.1 Å². The molecule has 4 heterocycles. The number of nitrogens with one attached hydrogen (secondary N) is 1. The highest BCUT2D eigenvalue weighted by atomic mass is 32.2. The van der Waals surface area contributed by atoms with Crippen LogP contribution in [0.25, 0.3) is 0 Å². The molecule has 4 aromatic rings. The quantitative estimate of drug-likeness (QED) is 0.0334. The zero-order chi connectivity index (χ0) is 54.9. The van der Waals surface area contributed by atoms with Gasteiger partial charge in [-0.15, -0.1) is 0 Å². The largest absolute Gasteiger partial charge is 0.459 e. The van der Waals surface area contributed by atoms with Crippen molar-refractivity contribution in [3.63, 3.8) is 0 Å². The van der Waals surface area contributed by atoms with E-state index in [1.807, 2.05) is 88.4 Å². The van der Waals surface area contributed by atoms with E-state index in [1.54, 1.807) is 12.1 Å². The molecule has 77 heavy (non-hydrogen) atoms. The summed E-state index contributed by atoms with van der Waals surface area (Å²) in [7, 11) is -8.42. The number of aliphatic hydroxyl groups excluding tert-OH is 2. The summed E-state index contributed by atoms with van der Waals surface area (Å²) < 4.78 is 95.1. The third-order valence-electron chi connectivity index (χ3n) is 14.6. The van der Waals surface area contributed by atoms with Crippen LogP contribution in [0.4, 0.5) is 16.2 Å². The number of nitrogen functional groups attached to an aromatic ring is 1. The first-order chi connectivity index (χ1) is 36.8. The molecular formula is C56H75N5O14S2. The van der Waals surface area contributed by atoms with Crippen LogP contribution in [0.15, 0.2) is 119 Å².